The standard InChI is InChI=1S/C15H24O2/c1-2-3-4-5-6-10-13-16-14-17-15-11-8-7-9-12-15/h7-9,11-12H,2-6,10,13-14H2,1H3. The molecule has 0 radical (unpaired) electrons. The molecule has 2 nitrogen and oxygen atoms in total. The van der Waals surface area contributed by atoms with Crippen LogP contribution in [0.25, 0.3) is 0 Å². The van der Waals surface area contributed by atoms with Gasteiger partial charge in [-0.15, -0.1) is 0 Å². The molecule has 0 aliphatic heterocycles. The van der Waals surface area contributed by atoms with Crippen molar-refractivity contribution in [2.24, 2.45) is 0 Å². The number of hydrogen-bond donors (Lipinski definition) is 0. The Labute approximate surface area is 105 Å². The summed E-state index contributed by atoms with van der Waals surface area (Å²) >= 11 is 0. The second kappa shape index (κ2) is 10.2. The second-order valence-electron chi connectivity index (χ2n) is 4.25. The maximum Gasteiger partial charge on any atom is 0.189 e. The van der Waals surface area contributed by atoms with E-state index in [0.717, 1.165) is 18.8 Å². The third kappa shape index (κ3) is 7.81. The van der Waals surface area contributed by atoms with Crippen LogP contribution in [0.15, 0.2) is 30.3 Å². The maximum absolute atomic E-state index is 5.43. The van der Waals surface area contributed by atoms with Crippen LogP contribution in [0.4, 0.5) is 0 Å². The van der Waals surface area contributed by atoms with Gasteiger partial charge in [-0.25, -0.2) is 0 Å². The summed E-state index contributed by atoms with van der Waals surface area (Å²) in [6.45, 7) is 3.40. The Morgan fingerprint density at radius 1 is 0.882 bits per heavy atom. The van der Waals surface area contributed by atoms with Crippen LogP contribution in [0.5, 0.6) is 5.75 Å². The van der Waals surface area contributed by atoms with Crippen molar-refractivity contribution < 1.29 is 9.47 Å². The summed E-state index contributed by atoms with van der Waals surface area (Å²) in [4.78, 5) is 0. The maximum atomic E-state index is 5.43. The monoisotopic (exact) mass is 236 g/mol. The third-order valence-corrected chi connectivity index (χ3v) is 2.69. The largest absolute Gasteiger partial charge is 0.468 e. The minimum absolute atomic E-state index is 0.360. The normalized spacial score (nSPS) is 10.4. The fourth-order valence-corrected chi connectivity index (χ4v) is 1.67. The van der Waals surface area contributed by atoms with Gasteiger partial charge in [-0.1, -0.05) is 57.2 Å². The molecule has 0 amide bonds. The van der Waals surface area contributed by atoms with Crippen LogP contribution in [0.3, 0.4) is 0 Å². The molecular weight excluding hydrogens is 212 g/mol. The van der Waals surface area contributed by atoms with Gasteiger partial charge in [0.1, 0.15) is 5.75 Å². The fourth-order valence-electron chi connectivity index (χ4n) is 1.67. The van der Waals surface area contributed by atoms with Crippen molar-refractivity contribution in [3.05, 3.63) is 30.3 Å². The van der Waals surface area contributed by atoms with Crippen LogP contribution < -0.4 is 4.74 Å². The molecule has 0 unspecified atom stereocenters. The molecule has 0 heterocycles. The molecule has 0 aliphatic rings. The Hall–Kier alpha value is -1.02. The molecule has 0 saturated carbocycles. The lowest BCUT2D eigenvalue weighted by molar-refractivity contribution is 0.0135. The molecule has 0 fully saturated rings. The molecule has 2 heteroatoms. The first-order chi connectivity index (χ1) is 8.43. The van der Waals surface area contributed by atoms with Gasteiger partial charge >= 0.3 is 0 Å². The summed E-state index contributed by atoms with van der Waals surface area (Å²) < 4.78 is 10.9. The number of benzene rings is 1. The first-order valence-corrected chi connectivity index (χ1v) is 6.69. The average molecular weight is 236 g/mol. The van der Waals surface area contributed by atoms with Crippen molar-refractivity contribution >= 4 is 0 Å². The van der Waals surface area contributed by atoms with Crippen molar-refractivity contribution in [3.8, 4) is 5.75 Å². The van der Waals surface area contributed by atoms with E-state index in [1.54, 1.807) is 0 Å². The average Bonchev–Trinajstić information content (AvgIpc) is 2.38. The van der Waals surface area contributed by atoms with Crippen LogP contribution in [-0.4, -0.2) is 13.4 Å². The van der Waals surface area contributed by atoms with E-state index in [9.17, 15) is 0 Å². The number of para-hydroxylation sites is 1. The molecule has 0 bridgehead atoms. The zero-order valence-corrected chi connectivity index (χ0v) is 10.9. The second-order valence-corrected chi connectivity index (χ2v) is 4.25. The van der Waals surface area contributed by atoms with Crippen LogP contribution >= 0.6 is 0 Å². The van der Waals surface area contributed by atoms with Gasteiger partial charge in [-0.3, -0.25) is 0 Å². The lowest BCUT2D eigenvalue weighted by Crippen LogP contribution is -2.03. The lowest BCUT2D eigenvalue weighted by Gasteiger charge is -2.06. The van der Waals surface area contributed by atoms with E-state index in [1.807, 2.05) is 30.3 Å². The summed E-state index contributed by atoms with van der Waals surface area (Å²) in [7, 11) is 0. The zero-order chi connectivity index (χ0) is 12.2. The molecule has 17 heavy (non-hydrogen) atoms. The van der Waals surface area contributed by atoms with Crippen LogP contribution in [0.2, 0.25) is 0 Å². The van der Waals surface area contributed by atoms with Crippen molar-refractivity contribution in [3.63, 3.8) is 0 Å². The highest BCUT2D eigenvalue weighted by molar-refractivity contribution is 5.20. The molecule has 1 rings (SSSR count). The Morgan fingerprint density at radius 3 is 2.35 bits per heavy atom. The van der Waals surface area contributed by atoms with E-state index in [2.05, 4.69) is 6.92 Å². The molecule has 0 N–H and O–H groups in total. The van der Waals surface area contributed by atoms with E-state index in [1.165, 1.54) is 32.1 Å². The van der Waals surface area contributed by atoms with Crippen LogP contribution in [-0.2, 0) is 4.74 Å². The molecule has 1 aromatic carbocycles. The van der Waals surface area contributed by atoms with Crippen molar-refractivity contribution in [1.29, 1.82) is 0 Å². The van der Waals surface area contributed by atoms with Gasteiger partial charge in [0.25, 0.3) is 0 Å². The fraction of sp³-hybridized carbons (Fsp3) is 0.600. The van der Waals surface area contributed by atoms with Gasteiger partial charge in [0, 0.05) is 0 Å². The summed E-state index contributed by atoms with van der Waals surface area (Å²) in [5.74, 6) is 0.871. The zero-order valence-electron chi connectivity index (χ0n) is 10.9. The number of unbranched alkanes of at least 4 members (excludes halogenated alkanes) is 5. The Bertz CT molecular complexity index is 259. The Balaban J connectivity index is 1.85. The summed E-state index contributed by atoms with van der Waals surface area (Å²) in [5, 5.41) is 0. The minimum atomic E-state index is 0.360. The first-order valence-electron chi connectivity index (χ1n) is 6.69. The Kier molecular flexibility index (Phi) is 8.39. The van der Waals surface area contributed by atoms with Crippen molar-refractivity contribution in [2.75, 3.05) is 13.4 Å². The number of hydrogen-bond acceptors (Lipinski definition) is 2. The quantitative estimate of drug-likeness (QED) is 0.443. The minimum Gasteiger partial charge on any atom is -0.468 e. The molecular formula is C15H24O2. The van der Waals surface area contributed by atoms with E-state index in [0.29, 0.717) is 6.79 Å². The van der Waals surface area contributed by atoms with E-state index < -0.39 is 0 Å². The third-order valence-electron chi connectivity index (χ3n) is 2.69. The van der Waals surface area contributed by atoms with E-state index >= 15 is 0 Å². The highest BCUT2D eigenvalue weighted by atomic mass is 16.7. The Morgan fingerprint density at radius 2 is 1.59 bits per heavy atom. The topological polar surface area (TPSA) is 18.5 Å². The SMILES string of the molecule is CCCCCCCCOCOc1ccccc1. The van der Waals surface area contributed by atoms with Crippen molar-refractivity contribution in [2.45, 2.75) is 45.4 Å². The van der Waals surface area contributed by atoms with Gasteiger partial charge in [0.2, 0.25) is 0 Å². The molecule has 0 spiro atoms. The summed E-state index contributed by atoms with van der Waals surface area (Å²) in [5.41, 5.74) is 0. The predicted octanol–water partition coefficient (Wildman–Crippen LogP) is 4.40. The molecule has 0 atom stereocenters. The van der Waals surface area contributed by atoms with Gasteiger partial charge in [-0.05, 0) is 18.6 Å². The number of ether oxygens (including phenoxy) is 2. The molecule has 0 aliphatic carbocycles. The molecule has 1 aromatic rings. The number of rotatable bonds is 10. The molecule has 0 aromatic heterocycles. The predicted molar refractivity (Wildman–Crippen MR) is 71.3 cm³/mol. The molecule has 96 valence electrons. The lowest BCUT2D eigenvalue weighted by atomic mass is 10.1. The van der Waals surface area contributed by atoms with Gasteiger partial charge in [-0.2, -0.15) is 0 Å². The van der Waals surface area contributed by atoms with Crippen molar-refractivity contribution in [1.82, 2.24) is 0 Å². The van der Waals surface area contributed by atoms with E-state index in [-0.39, 0.29) is 0 Å². The van der Waals surface area contributed by atoms with Crippen LogP contribution in [0.1, 0.15) is 45.4 Å². The smallest absolute Gasteiger partial charge is 0.189 e. The van der Waals surface area contributed by atoms with E-state index in [4.69, 9.17) is 9.47 Å². The van der Waals surface area contributed by atoms with Gasteiger partial charge < -0.3 is 9.47 Å². The van der Waals surface area contributed by atoms with Crippen LogP contribution in [0, 0.1) is 0 Å². The summed E-state index contributed by atoms with van der Waals surface area (Å²) in [6, 6.07) is 9.78. The first kappa shape index (κ1) is 14.0. The highest BCUT2D eigenvalue weighted by Gasteiger charge is 1.92. The highest BCUT2D eigenvalue weighted by Crippen LogP contribution is 2.08. The van der Waals surface area contributed by atoms with Gasteiger partial charge in [0.05, 0.1) is 6.61 Å². The molecule has 0 saturated heterocycles. The van der Waals surface area contributed by atoms with Gasteiger partial charge in [0.15, 0.2) is 6.79 Å². The summed E-state index contributed by atoms with van der Waals surface area (Å²) in [6.07, 6.45) is 7.76.